The Balaban J connectivity index is 0. The van der Waals surface area contributed by atoms with Crippen molar-refractivity contribution >= 4 is 0 Å². The van der Waals surface area contributed by atoms with Crippen LogP contribution in [0.4, 0.5) is 0 Å². The van der Waals surface area contributed by atoms with Gasteiger partial charge in [0.1, 0.15) is 0 Å². The smallest absolute Gasteiger partial charge is 0.0662 e. The molecule has 0 rings (SSSR count). The maximum Gasteiger partial charge on any atom is 0.0662 e. The third-order valence-corrected chi connectivity index (χ3v) is 4.71. The highest BCUT2D eigenvalue weighted by Crippen LogP contribution is 2.13. The second-order valence-corrected chi connectivity index (χ2v) is 7.45. The lowest BCUT2D eigenvalue weighted by atomic mass is 10.0. The third kappa shape index (κ3) is 30.5. The summed E-state index contributed by atoms with van der Waals surface area (Å²) in [6.07, 6.45) is 23.9. The van der Waals surface area contributed by atoms with E-state index in [2.05, 4.69) is 13.5 Å². The minimum atomic E-state index is -0.125. The van der Waals surface area contributed by atoms with E-state index in [0.717, 1.165) is 13.0 Å². The van der Waals surface area contributed by atoms with Gasteiger partial charge in [-0.15, -0.1) is 6.58 Å². The van der Waals surface area contributed by atoms with Gasteiger partial charge in [0.25, 0.3) is 0 Å². The van der Waals surface area contributed by atoms with E-state index in [9.17, 15) is 5.21 Å². The van der Waals surface area contributed by atoms with Crippen molar-refractivity contribution in [3.05, 3.63) is 12.7 Å². The van der Waals surface area contributed by atoms with E-state index in [-0.39, 0.29) is 13.2 Å². The average Bonchev–Trinajstić information content (AvgIpc) is 2.68. The van der Waals surface area contributed by atoms with Crippen LogP contribution in [0, 0.1) is 0 Å². The lowest BCUT2D eigenvalue weighted by molar-refractivity contribution is -0.0810. The zero-order valence-corrected chi connectivity index (χ0v) is 18.2. The van der Waals surface area contributed by atoms with Crippen LogP contribution in [0.1, 0.15) is 110 Å². The molecule has 0 amide bonds. The predicted octanol–water partition coefficient (Wildman–Crippen LogP) is 6.10. The SMILES string of the molecule is C=CCN(O)CCCCCCCCCCCCCCCCCC.OCCO. The highest BCUT2D eigenvalue weighted by Gasteiger charge is 1.97. The van der Waals surface area contributed by atoms with Crippen LogP contribution >= 0.6 is 0 Å². The van der Waals surface area contributed by atoms with Gasteiger partial charge in [-0.25, -0.2) is 0 Å². The summed E-state index contributed by atoms with van der Waals surface area (Å²) in [5.74, 6) is 0. The van der Waals surface area contributed by atoms with Gasteiger partial charge in [-0.3, -0.25) is 0 Å². The minimum absolute atomic E-state index is 0.125. The Kier molecular flexibility index (Phi) is 29.6. The van der Waals surface area contributed by atoms with Crippen LogP contribution in [0.5, 0.6) is 0 Å². The van der Waals surface area contributed by atoms with Crippen LogP contribution in [0.3, 0.4) is 0 Å². The molecule has 0 radical (unpaired) electrons. The Labute approximate surface area is 169 Å². The van der Waals surface area contributed by atoms with Gasteiger partial charge >= 0.3 is 0 Å². The Bertz CT molecular complexity index is 260. The largest absolute Gasteiger partial charge is 0.394 e. The van der Waals surface area contributed by atoms with Gasteiger partial charge in [0.05, 0.1) is 13.2 Å². The fraction of sp³-hybridized carbons (Fsp3) is 0.913. The van der Waals surface area contributed by atoms with E-state index < -0.39 is 0 Å². The van der Waals surface area contributed by atoms with Crippen LogP contribution in [-0.2, 0) is 0 Å². The van der Waals surface area contributed by atoms with Crippen molar-refractivity contribution in [3.63, 3.8) is 0 Å². The molecule has 0 aromatic heterocycles. The normalized spacial score (nSPS) is 10.7. The fourth-order valence-electron chi connectivity index (χ4n) is 3.08. The molecule has 0 unspecified atom stereocenters. The molecule has 0 bridgehead atoms. The van der Waals surface area contributed by atoms with E-state index in [0.29, 0.717) is 6.54 Å². The molecule has 0 saturated carbocycles. The standard InChI is InChI=1S/C21H43NO.C2H6O2/c1-3-5-6-7-8-9-10-11-12-13-14-15-16-17-18-19-21-22(23)20-4-2;3-1-2-4/h4,23H,2-3,5-21H2,1H3;3-4H,1-2H2. The molecule has 164 valence electrons. The van der Waals surface area contributed by atoms with E-state index in [1.807, 2.05) is 0 Å². The average molecular weight is 388 g/mol. The minimum Gasteiger partial charge on any atom is -0.394 e. The molecule has 27 heavy (non-hydrogen) atoms. The molecule has 4 nitrogen and oxygen atoms in total. The number of hydrogen-bond donors (Lipinski definition) is 3. The number of rotatable bonds is 20. The Morgan fingerprint density at radius 2 is 0.963 bits per heavy atom. The first-order valence-electron chi connectivity index (χ1n) is 11.5. The van der Waals surface area contributed by atoms with Crippen molar-refractivity contribution in [2.45, 2.75) is 110 Å². The van der Waals surface area contributed by atoms with Crippen molar-refractivity contribution in [2.24, 2.45) is 0 Å². The molecule has 0 saturated heterocycles. The molecule has 0 aliphatic carbocycles. The molecule has 0 heterocycles. The molecular formula is C23H49NO3. The van der Waals surface area contributed by atoms with Gasteiger partial charge < -0.3 is 15.4 Å². The summed E-state index contributed by atoms with van der Waals surface area (Å²) in [5.41, 5.74) is 0. The van der Waals surface area contributed by atoms with Crippen molar-refractivity contribution in [1.29, 1.82) is 0 Å². The topological polar surface area (TPSA) is 63.9 Å². The Morgan fingerprint density at radius 3 is 1.26 bits per heavy atom. The summed E-state index contributed by atoms with van der Waals surface area (Å²) >= 11 is 0. The highest BCUT2D eigenvalue weighted by molar-refractivity contribution is 4.68. The predicted molar refractivity (Wildman–Crippen MR) is 117 cm³/mol. The highest BCUT2D eigenvalue weighted by atomic mass is 16.5. The number of aliphatic hydroxyl groups excluding tert-OH is 2. The maximum atomic E-state index is 9.43. The number of hydroxylamine groups is 2. The van der Waals surface area contributed by atoms with Gasteiger partial charge in [0.2, 0.25) is 0 Å². The van der Waals surface area contributed by atoms with Crippen molar-refractivity contribution in [1.82, 2.24) is 5.06 Å². The first kappa shape index (κ1) is 28.8. The summed E-state index contributed by atoms with van der Waals surface area (Å²) in [6.45, 7) is 7.02. The molecule has 0 fully saturated rings. The van der Waals surface area contributed by atoms with E-state index >= 15 is 0 Å². The zero-order chi connectivity index (χ0) is 20.4. The maximum absolute atomic E-state index is 9.43. The van der Waals surface area contributed by atoms with Crippen molar-refractivity contribution in [3.8, 4) is 0 Å². The lowest BCUT2D eigenvalue weighted by Gasteiger charge is -2.11. The van der Waals surface area contributed by atoms with Crippen LogP contribution in [0.15, 0.2) is 12.7 Å². The number of aliphatic hydroxyl groups is 2. The molecule has 0 aromatic rings. The Morgan fingerprint density at radius 1 is 0.630 bits per heavy atom. The summed E-state index contributed by atoms with van der Waals surface area (Å²) < 4.78 is 0. The molecule has 0 aliphatic rings. The van der Waals surface area contributed by atoms with Gasteiger partial charge in [0.15, 0.2) is 0 Å². The van der Waals surface area contributed by atoms with E-state index in [1.165, 1.54) is 101 Å². The molecule has 0 aliphatic heterocycles. The first-order valence-corrected chi connectivity index (χ1v) is 11.5. The summed E-state index contributed by atoms with van der Waals surface area (Å²) in [6, 6.07) is 0. The fourth-order valence-corrected chi connectivity index (χ4v) is 3.08. The number of hydrogen-bond acceptors (Lipinski definition) is 4. The van der Waals surface area contributed by atoms with E-state index in [4.69, 9.17) is 10.2 Å². The number of unbranched alkanes of at least 4 members (excludes halogenated alkanes) is 15. The molecule has 0 spiro atoms. The molecule has 4 heteroatoms. The quantitative estimate of drug-likeness (QED) is 0.134. The molecule has 0 atom stereocenters. The van der Waals surface area contributed by atoms with Gasteiger partial charge in [-0.1, -0.05) is 109 Å². The van der Waals surface area contributed by atoms with Crippen LogP contribution in [0.25, 0.3) is 0 Å². The van der Waals surface area contributed by atoms with Crippen molar-refractivity contribution < 1.29 is 15.4 Å². The first-order chi connectivity index (χ1) is 13.2. The van der Waals surface area contributed by atoms with Crippen molar-refractivity contribution in [2.75, 3.05) is 26.3 Å². The summed E-state index contributed by atoms with van der Waals surface area (Å²) in [5, 5.41) is 26.0. The molecule has 3 N–H and O–H groups in total. The summed E-state index contributed by atoms with van der Waals surface area (Å²) in [4.78, 5) is 0. The van der Waals surface area contributed by atoms with Gasteiger partial charge in [-0.05, 0) is 6.42 Å². The third-order valence-electron chi connectivity index (χ3n) is 4.71. The van der Waals surface area contributed by atoms with Crippen LogP contribution < -0.4 is 0 Å². The zero-order valence-electron chi connectivity index (χ0n) is 18.2. The van der Waals surface area contributed by atoms with Crippen LogP contribution in [0.2, 0.25) is 0 Å². The second kappa shape index (κ2) is 27.8. The van der Waals surface area contributed by atoms with Gasteiger partial charge in [0, 0.05) is 13.1 Å². The molecular weight excluding hydrogens is 338 g/mol. The van der Waals surface area contributed by atoms with E-state index in [1.54, 1.807) is 6.08 Å². The van der Waals surface area contributed by atoms with Crippen LogP contribution in [-0.4, -0.2) is 46.8 Å². The monoisotopic (exact) mass is 387 g/mol. The molecule has 0 aromatic carbocycles. The second-order valence-electron chi connectivity index (χ2n) is 7.45. The Hall–Kier alpha value is -0.420. The van der Waals surface area contributed by atoms with Gasteiger partial charge in [-0.2, -0.15) is 5.06 Å². The number of nitrogens with zero attached hydrogens (tertiary/aromatic N) is 1. The summed E-state index contributed by atoms with van der Waals surface area (Å²) in [7, 11) is 0. The lowest BCUT2D eigenvalue weighted by Crippen LogP contribution is -2.20.